The number of nitrogens with one attached hydrogen (secondary N) is 2. The van der Waals surface area contributed by atoms with Crippen LogP contribution in [0.4, 0.5) is 4.39 Å². The van der Waals surface area contributed by atoms with Crippen molar-refractivity contribution in [1.29, 1.82) is 5.26 Å². The van der Waals surface area contributed by atoms with Crippen LogP contribution in [0.2, 0.25) is 0 Å². The number of hydrogen-bond donors (Lipinski definition) is 2. The first-order valence-corrected chi connectivity index (χ1v) is 10.7. The minimum atomic E-state index is -0.388. The number of aliphatic imine (C=N–C) groups is 1. The lowest BCUT2D eigenvalue weighted by Gasteiger charge is -2.48. The molecule has 0 spiro atoms. The summed E-state index contributed by atoms with van der Waals surface area (Å²) in [6, 6.07) is 6.49. The highest BCUT2D eigenvalue weighted by Gasteiger charge is 2.38. The Balaban J connectivity index is 1.68. The van der Waals surface area contributed by atoms with Gasteiger partial charge in [-0.2, -0.15) is 5.26 Å². The Labute approximate surface area is 173 Å². The van der Waals surface area contributed by atoms with E-state index in [0.717, 1.165) is 39.4 Å². The molecule has 2 N–H and O–H groups in total. The van der Waals surface area contributed by atoms with Crippen molar-refractivity contribution in [2.75, 3.05) is 39.4 Å². The maximum Gasteiger partial charge on any atom is 0.191 e. The molecule has 1 heterocycles. The first-order chi connectivity index (χ1) is 14.2. The normalized spacial score (nSPS) is 20.1. The average molecular weight is 402 g/mol. The van der Waals surface area contributed by atoms with Crippen molar-refractivity contribution in [3.63, 3.8) is 0 Å². The third kappa shape index (κ3) is 5.68. The van der Waals surface area contributed by atoms with Crippen molar-refractivity contribution in [2.45, 2.75) is 51.1 Å². The van der Waals surface area contributed by atoms with Crippen molar-refractivity contribution in [3.05, 3.63) is 35.1 Å². The number of morpholine rings is 1. The fourth-order valence-corrected chi connectivity index (χ4v) is 4.35. The highest BCUT2D eigenvalue weighted by atomic mass is 19.1. The molecule has 0 bridgehead atoms. The predicted molar refractivity (Wildman–Crippen MR) is 112 cm³/mol. The van der Waals surface area contributed by atoms with Gasteiger partial charge in [0.2, 0.25) is 0 Å². The number of benzene rings is 1. The van der Waals surface area contributed by atoms with Gasteiger partial charge in [0.1, 0.15) is 5.82 Å². The Bertz CT molecular complexity index is 733. The molecule has 7 heteroatoms. The number of hydrogen-bond acceptors (Lipinski definition) is 4. The van der Waals surface area contributed by atoms with E-state index >= 15 is 0 Å². The Hall–Kier alpha value is -2.17. The topological polar surface area (TPSA) is 72.7 Å². The van der Waals surface area contributed by atoms with E-state index in [4.69, 9.17) is 10.00 Å². The second-order valence-electron chi connectivity index (χ2n) is 7.85. The summed E-state index contributed by atoms with van der Waals surface area (Å²) in [6.45, 7) is 7.38. The number of guanidine groups is 1. The predicted octanol–water partition coefficient (Wildman–Crippen LogP) is 2.79. The summed E-state index contributed by atoms with van der Waals surface area (Å²) in [5.41, 5.74) is 0.949. The standard InChI is InChI=1S/C22H32FN5O/c1-2-25-21(26-16-19-7-6-18(15-24)14-20(19)23)27-17-22(8-4-3-5-9-22)28-10-12-29-13-11-28/h6-7,14H,2-5,8-13,16-17H2,1H3,(H2,25,26,27). The van der Waals surface area contributed by atoms with Gasteiger partial charge in [-0.3, -0.25) is 4.90 Å². The van der Waals surface area contributed by atoms with Gasteiger partial charge in [-0.05, 0) is 31.9 Å². The molecule has 0 unspecified atom stereocenters. The van der Waals surface area contributed by atoms with Crippen LogP contribution in [0.3, 0.4) is 0 Å². The van der Waals surface area contributed by atoms with E-state index in [1.807, 2.05) is 13.0 Å². The molecule has 6 nitrogen and oxygen atoms in total. The van der Waals surface area contributed by atoms with Crippen LogP contribution >= 0.6 is 0 Å². The summed E-state index contributed by atoms with van der Waals surface area (Å²) < 4.78 is 19.7. The first-order valence-electron chi connectivity index (χ1n) is 10.7. The van der Waals surface area contributed by atoms with Crippen molar-refractivity contribution >= 4 is 5.96 Å². The molecule has 29 heavy (non-hydrogen) atoms. The molecular weight excluding hydrogens is 369 g/mol. The SMILES string of the molecule is CCNC(=NCc1ccc(C#N)cc1F)NCC1(N2CCOCC2)CCCCC1. The summed E-state index contributed by atoms with van der Waals surface area (Å²) in [5.74, 6) is 0.315. The molecule has 0 atom stereocenters. The molecule has 1 aromatic rings. The highest BCUT2D eigenvalue weighted by Crippen LogP contribution is 2.33. The van der Waals surface area contributed by atoms with Crippen LogP contribution in [0.25, 0.3) is 0 Å². The molecule has 0 amide bonds. The second kappa shape index (κ2) is 10.6. The van der Waals surface area contributed by atoms with Gasteiger partial charge in [-0.15, -0.1) is 0 Å². The molecule has 1 saturated heterocycles. The van der Waals surface area contributed by atoms with Gasteiger partial charge in [0.25, 0.3) is 0 Å². The lowest BCUT2D eigenvalue weighted by atomic mass is 9.80. The monoisotopic (exact) mass is 401 g/mol. The van der Waals surface area contributed by atoms with Crippen LogP contribution in [0, 0.1) is 17.1 Å². The zero-order valence-electron chi connectivity index (χ0n) is 17.3. The maximum atomic E-state index is 14.2. The lowest BCUT2D eigenvalue weighted by molar-refractivity contribution is -0.0352. The van der Waals surface area contributed by atoms with Gasteiger partial charge >= 0.3 is 0 Å². The number of nitrogens with zero attached hydrogens (tertiary/aromatic N) is 3. The Morgan fingerprint density at radius 1 is 1.24 bits per heavy atom. The van der Waals surface area contributed by atoms with Gasteiger partial charge in [-0.1, -0.05) is 25.3 Å². The zero-order chi connectivity index (χ0) is 20.5. The fourth-order valence-electron chi connectivity index (χ4n) is 4.35. The van der Waals surface area contributed by atoms with Gasteiger partial charge in [0.05, 0.1) is 31.4 Å². The van der Waals surface area contributed by atoms with Crippen LogP contribution in [0.5, 0.6) is 0 Å². The summed E-state index contributed by atoms with van der Waals surface area (Å²) in [4.78, 5) is 7.18. The summed E-state index contributed by atoms with van der Waals surface area (Å²) in [7, 11) is 0. The van der Waals surface area contributed by atoms with E-state index in [0.29, 0.717) is 17.1 Å². The van der Waals surface area contributed by atoms with Crippen LogP contribution in [-0.2, 0) is 11.3 Å². The Morgan fingerprint density at radius 3 is 2.66 bits per heavy atom. The molecule has 3 rings (SSSR count). The number of nitriles is 1. The summed E-state index contributed by atoms with van der Waals surface area (Å²) in [6.07, 6.45) is 6.18. The van der Waals surface area contributed by atoms with Crippen LogP contribution < -0.4 is 10.6 Å². The van der Waals surface area contributed by atoms with E-state index in [1.165, 1.54) is 38.2 Å². The molecule has 1 aliphatic carbocycles. The molecule has 158 valence electrons. The second-order valence-corrected chi connectivity index (χ2v) is 7.85. The van der Waals surface area contributed by atoms with E-state index in [-0.39, 0.29) is 17.9 Å². The van der Waals surface area contributed by atoms with Crippen molar-refractivity contribution in [1.82, 2.24) is 15.5 Å². The van der Waals surface area contributed by atoms with Crippen LogP contribution in [0.1, 0.15) is 50.2 Å². The lowest BCUT2D eigenvalue weighted by Crippen LogP contribution is -2.60. The number of halogens is 1. The molecule has 1 aromatic carbocycles. The van der Waals surface area contributed by atoms with E-state index in [2.05, 4.69) is 20.5 Å². The minimum absolute atomic E-state index is 0.137. The van der Waals surface area contributed by atoms with Gasteiger partial charge in [0.15, 0.2) is 5.96 Å². The highest BCUT2D eigenvalue weighted by molar-refractivity contribution is 5.79. The minimum Gasteiger partial charge on any atom is -0.379 e. The molecule has 2 fully saturated rings. The molecule has 2 aliphatic rings. The number of rotatable bonds is 6. The third-order valence-corrected chi connectivity index (χ3v) is 5.98. The molecular formula is C22H32FN5O. The van der Waals surface area contributed by atoms with Gasteiger partial charge in [-0.25, -0.2) is 9.38 Å². The summed E-state index contributed by atoms with van der Waals surface area (Å²) >= 11 is 0. The Morgan fingerprint density at radius 2 is 2.00 bits per heavy atom. The Kier molecular flexibility index (Phi) is 7.84. The van der Waals surface area contributed by atoms with Crippen molar-refractivity contribution < 1.29 is 9.13 Å². The molecule has 0 aromatic heterocycles. The van der Waals surface area contributed by atoms with Crippen LogP contribution in [-0.4, -0.2) is 55.8 Å². The van der Waals surface area contributed by atoms with E-state index in [1.54, 1.807) is 12.1 Å². The first kappa shape index (κ1) is 21.5. The van der Waals surface area contributed by atoms with Crippen LogP contribution in [0.15, 0.2) is 23.2 Å². The fraction of sp³-hybridized carbons (Fsp3) is 0.636. The smallest absolute Gasteiger partial charge is 0.191 e. The summed E-state index contributed by atoms with van der Waals surface area (Å²) in [5, 5.41) is 15.7. The van der Waals surface area contributed by atoms with E-state index in [9.17, 15) is 4.39 Å². The van der Waals surface area contributed by atoms with E-state index < -0.39 is 0 Å². The van der Waals surface area contributed by atoms with Gasteiger partial charge in [0, 0.05) is 37.3 Å². The third-order valence-electron chi connectivity index (χ3n) is 5.98. The molecule has 0 radical (unpaired) electrons. The average Bonchev–Trinajstić information content (AvgIpc) is 2.77. The van der Waals surface area contributed by atoms with Crippen molar-refractivity contribution in [2.24, 2.45) is 4.99 Å². The largest absolute Gasteiger partial charge is 0.379 e. The molecule has 1 saturated carbocycles. The van der Waals surface area contributed by atoms with Crippen molar-refractivity contribution in [3.8, 4) is 6.07 Å². The van der Waals surface area contributed by atoms with Gasteiger partial charge < -0.3 is 15.4 Å². The zero-order valence-corrected chi connectivity index (χ0v) is 17.3. The quantitative estimate of drug-likeness (QED) is 0.566. The number of ether oxygens (including phenoxy) is 1. The molecule has 1 aliphatic heterocycles. The maximum absolute atomic E-state index is 14.2.